The van der Waals surface area contributed by atoms with Crippen molar-refractivity contribution < 1.29 is 8.78 Å². The van der Waals surface area contributed by atoms with Gasteiger partial charge in [0.1, 0.15) is 5.15 Å². The number of pyridine rings is 1. The predicted octanol–water partition coefficient (Wildman–Crippen LogP) is 4.28. The van der Waals surface area contributed by atoms with Crippen LogP contribution in [0.1, 0.15) is 0 Å². The molecule has 0 amide bonds. The fourth-order valence-corrected chi connectivity index (χ4v) is 1.98. The van der Waals surface area contributed by atoms with Crippen LogP contribution >= 0.6 is 34.2 Å². The number of benzene rings is 1. The van der Waals surface area contributed by atoms with E-state index < -0.39 is 11.6 Å². The van der Waals surface area contributed by atoms with Gasteiger partial charge in [-0.2, -0.15) is 0 Å². The third-order valence-electron chi connectivity index (χ3n) is 2.05. The molecule has 0 fully saturated rings. The Balaban J connectivity index is 2.67. The first kappa shape index (κ1) is 11.7. The molecule has 0 saturated heterocycles. The van der Waals surface area contributed by atoms with Crippen LogP contribution in [-0.4, -0.2) is 4.98 Å². The van der Waals surface area contributed by atoms with E-state index in [9.17, 15) is 8.78 Å². The highest BCUT2D eigenvalue weighted by molar-refractivity contribution is 14.1. The lowest BCUT2D eigenvalue weighted by atomic mass is 10.1. The van der Waals surface area contributed by atoms with Gasteiger partial charge in [-0.1, -0.05) is 23.7 Å². The summed E-state index contributed by atoms with van der Waals surface area (Å²) in [7, 11) is 0. The molecule has 0 N–H and O–H groups in total. The number of nitrogens with zero attached hydrogens (tertiary/aromatic N) is 1. The first-order chi connectivity index (χ1) is 7.59. The highest BCUT2D eigenvalue weighted by Crippen LogP contribution is 2.30. The summed E-state index contributed by atoms with van der Waals surface area (Å²) in [5, 5.41) is 0.157. The molecule has 0 saturated carbocycles. The van der Waals surface area contributed by atoms with E-state index >= 15 is 0 Å². The highest BCUT2D eigenvalue weighted by Gasteiger charge is 2.13. The van der Waals surface area contributed by atoms with Gasteiger partial charge in [0.05, 0.1) is 0 Å². The summed E-state index contributed by atoms with van der Waals surface area (Å²) >= 11 is 7.88. The average Bonchev–Trinajstić information content (AvgIpc) is 2.26. The molecular formula is C11H5ClF2IN. The van der Waals surface area contributed by atoms with Crippen LogP contribution in [0.15, 0.2) is 30.5 Å². The monoisotopic (exact) mass is 351 g/mol. The maximum Gasteiger partial charge on any atom is 0.166 e. The van der Waals surface area contributed by atoms with Gasteiger partial charge in [0.25, 0.3) is 0 Å². The SMILES string of the molecule is Fc1cccc(-c2cc(I)cnc2Cl)c1F. The van der Waals surface area contributed by atoms with Crippen molar-refractivity contribution in [1.82, 2.24) is 4.98 Å². The second kappa shape index (κ2) is 4.63. The molecule has 82 valence electrons. The number of hydrogen-bond donors (Lipinski definition) is 0. The van der Waals surface area contributed by atoms with Crippen molar-refractivity contribution in [1.29, 1.82) is 0 Å². The topological polar surface area (TPSA) is 12.9 Å². The van der Waals surface area contributed by atoms with Crippen molar-refractivity contribution in [2.45, 2.75) is 0 Å². The quantitative estimate of drug-likeness (QED) is 0.552. The van der Waals surface area contributed by atoms with Crippen LogP contribution in [0, 0.1) is 15.2 Å². The summed E-state index contributed by atoms with van der Waals surface area (Å²) in [6, 6.07) is 5.63. The Morgan fingerprint density at radius 3 is 2.69 bits per heavy atom. The summed E-state index contributed by atoms with van der Waals surface area (Å²) in [5.41, 5.74) is 0.515. The second-order valence-corrected chi connectivity index (χ2v) is 4.70. The van der Waals surface area contributed by atoms with Gasteiger partial charge in [-0.3, -0.25) is 0 Å². The molecule has 16 heavy (non-hydrogen) atoms. The van der Waals surface area contributed by atoms with Gasteiger partial charge >= 0.3 is 0 Å². The Morgan fingerprint density at radius 2 is 1.94 bits per heavy atom. The van der Waals surface area contributed by atoms with E-state index in [1.165, 1.54) is 12.1 Å². The van der Waals surface area contributed by atoms with Gasteiger partial charge in [0.15, 0.2) is 11.6 Å². The van der Waals surface area contributed by atoms with Crippen LogP contribution in [0.4, 0.5) is 8.78 Å². The molecule has 0 aliphatic heterocycles. The zero-order chi connectivity index (χ0) is 11.7. The number of rotatable bonds is 1. The van der Waals surface area contributed by atoms with Crippen molar-refractivity contribution in [2.75, 3.05) is 0 Å². The fraction of sp³-hybridized carbons (Fsp3) is 0. The Morgan fingerprint density at radius 1 is 1.19 bits per heavy atom. The van der Waals surface area contributed by atoms with Crippen LogP contribution in [-0.2, 0) is 0 Å². The molecule has 5 heteroatoms. The minimum atomic E-state index is -0.909. The minimum Gasteiger partial charge on any atom is -0.243 e. The molecule has 0 aliphatic rings. The van der Waals surface area contributed by atoms with Gasteiger partial charge in [-0.15, -0.1) is 0 Å². The van der Waals surface area contributed by atoms with E-state index in [0.717, 1.165) is 9.64 Å². The summed E-state index contributed by atoms with van der Waals surface area (Å²) in [4.78, 5) is 3.89. The Bertz CT molecular complexity index is 546. The van der Waals surface area contributed by atoms with Gasteiger partial charge in [0, 0.05) is 20.9 Å². The first-order valence-electron chi connectivity index (χ1n) is 4.35. The predicted molar refractivity (Wildman–Crippen MR) is 67.3 cm³/mol. The second-order valence-electron chi connectivity index (χ2n) is 3.09. The molecule has 0 atom stereocenters. The molecule has 0 radical (unpaired) electrons. The van der Waals surface area contributed by atoms with Gasteiger partial charge in [0.2, 0.25) is 0 Å². The molecule has 1 aromatic carbocycles. The third kappa shape index (κ3) is 2.17. The lowest BCUT2D eigenvalue weighted by Gasteiger charge is -2.06. The van der Waals surface area contributed by atoms with Gasteiger partial charge in [-0.25, -0.2) is 13.8 Å². The van der Waals surface area contributed by atoms with Gasteiger partial charge in [-0.05, 0) is 34.7 Å². The van der Waals surface area contributed by atoms with E-state index in [1.54, 1.807) is 12.3 Å². The van der Waals surface area contributed by atoms with Gasteiger partial charge < -0.3 is 0 Å². The summed E-state index contributed by atoms with van der Waals surface area (Å²) in [6.07, 6.45) is 1.56. The van der Waals surface area contributed by atoms with Crippen LogP contribution in [0.3, 0.4) is 0 Å². The van der Waals surface area contributed by atoms with Crippen molar-refractivity contribution >= 4 is 34.2 Å². The maximum atomic E-state index is 13.5. The van der Waals surface area contributed by atoms with E-state index in [-0.39, 0.29) is 10.7 Å². The molecule has 1 heterocycles. The zero-order valence-corrected chi connectivity index (χ0v) is 10.8. The molecule has 0 spiro atoms. The highest BCUT2D eigenvalue weighted by atomic mass is 127. The van der Waals surface area contributed by atoms with Crippen LogP contribution in [0.2, 0.25) is 5.15 Å². The Hall–Kier alpha value is -0.750. The Labute approximate surface area is 110 Å². The molecule has 1 nitrogen and oxygen atoms in total. The third-order valence-corrected chi connectivity index (χ3v) is 2.94. The average molecular weight is 352 g/mol. The van der Waals surface area contributed by atoms with E-state index in [2.05, 4.69) is 4.98 Å². The summed E-state index contributed by atoms with van der Waals surface area (Å²) < 4.78 is 27.4. The van der Waals surface area contributed by atoms with Crippen molar-refractivity contribution in [2.24, 2.45) is 0 Å². The molecule has 0 unspecified atom stereocenters. The maximum absolute atomic E-state index is 13.5. The van der Waals surface area contributed by atoms with E-state index in [0.29, 0.717) is 5.56 Å². The standard InChI is InChI=1S/C11H5ClF2IN/c12-11-8(4-6(15)5-16-11)7-2-1-3-9(13)10(7)14/h1-5H. The lowest BCUT2D eigenvalue weighted by molar-refractivity contribution is 0.511. The molecule has 2 aromatic rings. The lowest BCUT2D eigenvalue weighted by Crippen LogP contribution is -1.92. The normalized spacial score (nSPS) is 10.5. The van der Waals surface area contributed by atoms with Crippen molar-refractivity contribution in [3.63, 3.8) is 0 Å². The van der Waals surface area contributed by atoms with E-state index in [4.69, 9.17) is 11.6 Å². The fourth-order valence-electron chi connectivity index (χ4n) is 1.32. The summed E-state index contributed by atoms with van der Waals surface area (Å²) in [5.74, 6) is -1.80. The largest absolute Gasteiger partial charge is 0.243 e. The van der Waals surface area contributed by atoms with Crippen LogP contribution in [0.5, 0.6) is 0 Å². The number of aromatic nitrogens is 1. The first-order valence-corrected chi connectivity index (χ1v) is 5.80. The van der Waals surface area contributed by atoms with Crippen molar-refractivity contribution in [3.05, 3.63) is 50.8 Å². The van der Waals surface area contributed by atoms with E-state index in [1.807, 2.05) is 22.6 Å². The van der Waals surface area contributed by atoms with Crippen LogP contribution in [0.25, 0.3) is 11.1 Å². The molecule has 0 bridgehead atoms. The Kier molecular flexibility index (Phi) is 3.39. The zero-order valence-electron chi connectivity index (χ0n) is 7.85. The number of halogens is 4. The number of hydrogen-bond acceptors (Lipinski definition) is 1. The summed E-state index contributed by atoms with van der Waals surface area (Å²) in [6.45, 7) is 0. The van der Waals surface area contributed by atoms with Crippen molar-refractivity contribution in [3.8, 4) is 11.1 Å². The minimum absolute atomic E-state index is 0.121. The molecule has 1 aromatic heterocycles. The molecule has 2 rings (SSSR count). The smallest absolute Gasteiger partial charge is 0.166 e. The van der Waals surface area contributed by atoms with Crippen LogP contribution < -0.4 is 0 Å². The molecular weight excluding hydrogens is 346 g/mol. The molecule has 0 aliphatic carbocycles.